The number of hydrogen-bond donors (Lipinski definition) is 1. The topological polar surface area (TPSA) is 80.7 Å². The molecular formula is C20H17N5OS2. The summed E-state index contributed by atoms with van der Waals surface area (Å²) < 4.78 is 1.04. The first-order valence-electron chi connectivity index (χ1n) is 8.81. The molecule has 0 saturated carbocycles. The Morgan fingerprint density at radius 1 is 1.11 bits per heavy atom. The van der Waals surface area contributed by atoms with Crippen molar-refractivity contribution in [3.8, 4) is 11.3 Å². The number of amides is 1. The molecule has 1 amide bonds. The van der Waals surface area contributed by atoms with Crippen LogP contribution in [0.15, 0.2) is 66.0 Å². The minimum Gasteiger partial charge on any atom is -0.301 e. The van der Waals surface area contributed by atoms with Crippen molar-refractivity contribution in [2.45, 2.75) is 23.8 Å². The van der Waals surface area contributed by atoms with Crippen LogP contribution in [0.5, 0.6) is 0 Å². The molecule has 0 aliphatic carbocycles. The van der Waals surface area contributed by atoms with Crippen molar-refractivity contribution in [1.29, 1.82) is 0 Å². The molecule has 2 heterocycles. The number of para-hydroxylation sites is 1. The SMILES string of the molecule is CC[C@@H](Sc1ncc(-c2ccccc2)nn1)C(=O)Nc1nc2ccccc2s1. The molecule has 0 radical (unpaired) electrons. The maximum Gasteiger partial charge on any atom is 0.239 e. The van der Waals surface area contributed by atoms with E-state index in [1.54, 1.807) is 6.20 Å². The number of nitrogens with zero attached hydrogens (tertiary/aromatic N) is 4. The van der Waals surface area contributed by atoms with E-state index in [-0.39, 0.29) is 11.2 Å². The van der Waals surface area contributed by atoms with E-state index < -0.39 is 0 Å². The van der Waals surface area contributed by atoms with Gasteiger partial charge in [0.25, 0.3) is 0 Å². The summed E-state index contributed by atoms with van der Waals surface area (Å²) in [6.45, 7) is 1.96. The highest BCUT2D eigenvalue weighted by atomic mass is 32.2. The number of nitrogens with one attached hydrogen (secondary N) is 1. The number of aromatic nitrogens is 4. The van der Waals surface area contributed by atoms with Crippen molar-refractivity contribution < 1.29 is 4.79 Å². The van der Waals surface area contributed by atoms with Crippen LogP contribution in [0.2, 0.25) is 0 Å². The molecular weight excluding hydrogens is 390 g/mol. The summed E-state index contributed by atoms with van der Waals surface area (Å²) in [6.07, 6.45) is 2.33. The van der Waals surface area contributed by atoms with Gasteiger partial charge in [-0.15, -0.1) is 10.2 Å². The van der Waals surface area contributed by atoms with E-state index >= 15 is 0 Å². The van der Waals surface area contributed by atoms with Gasteiger partial charge < -0.3 is 5.32 Å². The normalized spacial score (nSPS) is 12.0. The summed E-state index contributed by atoms with van der Waals surface area (Å²) in [4.78, 5) is 21.5. The molecule has 0 unspecified atom stereocenters. The third-order valence-electron chi connectivity index (χ3n) is 4.05. The molecule has 4 aromatic rings. The van der Waals surface area contributed by atoms with Crippen LogP contribution in [-0.2, 0) is 4.79 Å². The van der Waals surface area contributed by atoms with Gasteiger partial charge >= 0.3 is 0 Å². The average Bonchev–Trinajstić information content (AvgIpc) is 3.15. The molecule has 0 spiro atoms. The van der Waals surface area contributed by atoms with Gasteiger partial charge in [-0.1, -0.05) is 72.5 Å². The van der Waals surface area contributed by atoms with E-state index in [9.17, 15) is 4.79 Å². The zero-order chi connectivity index (χ0) is 19.3. The predicted octanol–water partition coefficient (Wildman–Crippen LogP) is 4.66. The van der Waals surface area contributed by atoms with Crippen LogP contribution in [0, 0.1) is 0 Å². The van der Waals surface area contributed by atoms with Gasteiger partial charge in [0.1, 0.15) is 5.69 Å². The highest BCUT2D eigenvalue weighted by Gasteiger charge is 2.21. The lowest BCUT2D eigenvalue weighted by atomic mass is 10.2. The summed E-state index contributed by atoms with van der Waals surface area (Å²) in [5.41, 5.74) is 2.55. The first kappa shape index (κ1) is 18.5. The molecule has 0 fully saturated rings. The van der Waals surface area contributed by atoms with Gasteiger partial charge in [-0.25, -0.2) is 9.97 Å². The second kappa shape index (κ2) is 8.45. The molecule has 0 aliphatic rings. The average molecular weight is 408 g/mol. The molecule has 1 atom stereocenters. The van der Waals surface area contributed by atoms with E-state index in [1.165, 1.54) is 23.1 Å². The van der Waals surface area contributed by atoms with Gasteiger partial charge in [-0.05, 0) is 18.6 Å². The van der Waals surface area contributed by atoms with Crippen LogP contribution in [0.25, 0.3) is 21.5 Å². The lowest BCUT2D eigenvalue weighted by Crippen LogP contribution is -2.24. The molecule has 1 N–H and O–H groups in total. The standard InChI is InChI=1S/C20H17N5OS2/c1-2-16(18(26)23-20-22-14-10-6-7-11-17(14)28-20)27-19-21-12-15(24-25-19)13-8-4-3-5-9-13/h3-12,16H,2H2,1H3,(H,22,23,26)/t16-/m1/s1. The quantitative estimate of drug-likeness (QED) is 0.468. The number of fused-ring (bicyclic) bond motifs is 1. The summed E-state index contributed by atoms with van der Waals surface area (Å²) >= 11 is 2.77. The van der Waals surface area contributed by atoms with Crippen LogP contribution in [0.1, 0.15) is 13.3 Å². The van der Waals surface area contributed by atoms with Gasteiger partial charge in [0.05, 0.1) is 21.7 Å². The molecule has 2 aromatic heterocycles. The van der Waals surface area contributed by atoms with E-state index in [0.29, 0.717) is 22.4 Å². The molecule has 4 rings (SSSR count). The number of benzene rings is 2. The minimum atomic E-state index is -0.323. The Bertz CT molecular complexity index is 1050. The van der Waals surface area contributed by atoms with Crippen molar-refractivity contribution in [2.24, 2.45) is 0 Å². The largest absolute Gasteiger partial charge is 0.301 e. The number of thiazole rings is 1. The molecule has 0 aliphatic heterocycles. The maximum atomic E-state index is 12.7. The minimum absolute atomic E-state index is 0.109. The lowest BCUT2D eigenvalue weighted by Gasteiger charge is -2.12. The Balaban J connectivity index is 1.44. The molecule has 0 saturated heterocycles. The summed E-state index contributed by atoms with van der Waals surface area (Å²) in [5.74, 6) is -0.109. The van der Waals surface area contributed by atoms with Crippen molar-refractivity contribution in [3.05, 3.63) is 60.8 Å². The first-order chi connectivity index (χ1) is 13.7. The third-order valence-corrected chi connectivity index (χ3v) is 6.23. The van der Waals surface area contributed by atoms with Gasteiger partial charge in [0.15, 0.2) is 5.13 Å². The van der Waals surface area contributed by atoms with Gasteiger partial charge in [0.2, 0.25) is 11.1 Å². The van der Waals surface area contributed by atoms with Crippen molar-refractivity contribution in [3.63, 3.8) is 0 Å². The predicted molar refractivity (Wildman–Crippen MR) is 113 cm³/mol. The zero-order valence-electron chi connectivity index (χ0n) is 15.1. The van der Waals surface area contributed by atoms with Crippen LogP contribution < -0.4 is 5.32 Å². The van der Waals surface area contributed by atoms with Crippen molar-refractivity contribution >= 4 is 44.4 Å². The molecule has 28 heavy (non-hydrogen) atoms. The Labute approximate surface area is 170 Å². The van der Waals surface area contributed by atoms with E-state index in [2.05, 4.69) is 25.5 Å². The second-order valence-corrected chi connectivity index (χ2v) is 8.18. The fraction of sp³-hybridized carbons (Fsp3) is 0.150. The zero-order valence-corrected chi connectivity index (χ0v) is 16.7. The fourth-order valence-electron chi connectivity index (χ4n) is 2.62. The summed E-state index contributed by atoms with van der Waals surface area (Å²) in [7, 11) is 0. The number of hydrogen-bond acceptors (Lipinski definition) is 7. The fourth-order valence-corrected chi connectivity index (χ4v) is 4.28. The number of rotatable bonds is 6. The summed E-state index contributed by atoms with van der Waals surface area (Å²) in [6, 6.07) is 17.6. The molecule has 140 valence electrons. The Hall–Kier alpha value is -2.84. The number of anilines is 1. The van der Waals surface area contributed by atoms with E-state index in [4.69, 9.17) is 0 Å². The Morgan fingerprint density at radius 3 is 2.61 bits per heavy atom. The van der Waals surface area contributed by atoms with Gasteiger partial charge in [0, 0.05) is 5.56 Å². The third kappa shape index (κ3) is 4.18. The Kier molecular flexibility index (Phi) is 5.59. The molecule has 0 bridgehead atoms. The maximum absolute atomic E-state index is 12.7. The Morgan fingerprint density at radius 2 is 1.89 bits per heavy atom. The van der Waals surface area contributed by atoms with Crippen LogP contribution in [-0.4, -0.2) is 31.3 Å². The summed E-state index contributed by atoms with van der Waals surface area (Å²) in [5, 5.41) is 12.1. The highest BCUT2D eigenvalue weighted by molar-refractivity contribution is 8.00. The van der Waals surface area contributed by atoms with E-state index in [1.807, 2.05) is 61.5 Å². The first-order valence-corrected chi connectivity index (χ1v) is 10.5. The lowest BCUT2D eigenvalue weighted by molar-refractivity contribution is -0.115. The highest BCUT2D eigenvalue weighted by Crippen LogP contribution is 2.28. The second-order valence-electron chi connectivity index (χ2n) is 5.98. The monoisotopic (exact) mass is 407 g/mol. The molecule has 2 aromatic carbocycles. The smallest absolute Gasteiger partial charge is 0.239 e. The van der Waals surface area contributed by atoms with Gasteiger partial charge in [-0.2, -0.15) is 0 Å². The van der Waals surface area contributed by atoms with Crippen LogP contribution in [0.4, 0.5) is 5.13 Å². The molecule has 8 heteroatoms. The number of carbonyl (C=O) groups is 1. The van der Waals surface area contributed by atoms with Crippen molar-refractivity contribution in [1.82, 2.24) is 20.2 Å². The van der Waals surface area contributed by atoms with Gasteiger partial charge in [-0.3, -0.25) is 4.79 Å². The van der Waals surface area contributed by atoms with E-state index in [0.717, 1.165) is 15.8 Å². The molecule has 6 nitrogen and oxygen atoms in total. The van der Waals surface area contributed by atoms with Crippen LogP contribution >= 0.6 is 23.1 Å². The van der Waals surface area contributed by atoms with Crippen LogP contribution in [0.3, 0.4) is 0 Å². The number of carbonyl (C=O) groups excluding carboxylic acids is 1. The van der Waals surface area contributed by atoms with Crippen molar-refractivity contribution in [2.75, 3.05) is 5.32 Å². The number of thioether (sulfide) groups is 1.